The van der Waals surface area contributed by atoms with Gasteiger partial charge < -0.3 is 9.47 Å². The van der Waals surface area contributed by atoms with Gasteiger partial charge in [-0.15, -0.1) is 0 Å². The maximum absolute atomic E-state index is 11.3. The van der Waals surface area contributed by atoms with E-state index in [2.05, 4.69) is 17.9 Å². The third kappa shape index (κ3) is 3.94. The van der Waals surface area contributed by atoms with Crippen LogP contribution in [0.1, 0.15) is 35.1 Å². The summed E-state index contributed by atoms with van der Waals surface area (Å²) in [5.74, 6) is 1.44. The van der Waals surface area contributed by atoms with Crippen LogP contribution in [0.5, 0.6) is 11.5 Å². The molecule has 4 rings (SSSR count). The Kier molecular flexibility index (Phi) is 5.79. The number of hydrogen-bond acceptors (Lipinski definition) is 6. The second-order valence-electron chi connectivity index (χ2n) is 8.11. The molecule has 1 saturated heterocycles. The molecule has 30 heavy (non-hydrogen) atoms. The molecule has 162 valence electrons. The first-order chi connectivity index (χ1) is 14.3. The van der Waals surface area contributed by atoms with Gasteiger partial charge in [0.15, 0.2) is 11.5 Å². The number of methoxy groups -OCH3 is 2. The lowest BCUT2D eigenvalue weighted by atomic mass is 9.83. The third-order valence-electron chi connectivity index (χ3n) is 6.31. The van der Waals surface area contributed by atoms with Gasteiger partial charge in [0, 0.05) is 12.6 Å². The van der Waals surface area contributed by atoms with E-state index in [1.807, 2.05) is 12.1 Å². The summed E-state index contributed by atoms with van der Waals surface area (Å²) in [6, 6.07) is 4.72. The van der Waals surface area contributed by atoms with E-state index in [0.717, 1.165) is 48.0 Å². The van der Waals surface area contributed by atoms with Crippen LogP contribution >= 0.6 is 0 Å². The fourth-order valence-corrected chi connectivity index (χ4v) is 5.20. The van der Waals surface area contributed by atoms with Crippen molar-refractivity contribution in [3.8, 4) is 11.5 Å². The molecule has 0 N–H and O–H groups in total. The van der Waals surface area contributed by atoms with E-state index in [0.29, 0.717) is 11.8 Å². The number of hydrogen-bond donors (Lipinski definition) is 0. The van der Waals surface area contributed by atoms with Gasteiger partial charge in [-0.25, -0.2) is 0 Å². The fraction of sp³-hybridized carbons (Fsp3) is 0.478. The molecule has 0 aliphatic carbocycles. The molecule has 2 aromatic carbocycles. The van der Waals surface area contributed by atoms with Gasteiger partial charge >= 0.3 is 0 Å². The average molecular weight is 432 g/mol. The van der Waals surface area contributed by atoms with E-state index in [-0.39, 0.29) is 6.61 Å². The van der Waals surface area contributed by atoms with Crippen molar-refractivity contribution in [1.82, 2.24) is 4.90 Å². The number of rotatable bonds is 6. The summed E-state index contributed by atoms with van der Waals surface area (Å²) in [5, 5.41) is 2.34. The molecule has 0 aromatic heterocycles. The zero-order chi connectivity index (χ0) is 21.5. The lowest BCUT2D eigenvalue weighted by Gasteiger charge is -2.34. The molecule has 7 heteroatoms. The molecule has 6 nitrogen and oxygen atoms in total. The number of benzene rings is 2. The molecule has 1 unspecified atom stereocenters. The van der Waals surface area contributed by atoms with Crippen LogP contribution in [0.25, 0.3) is 16.8 Å². The topological polar surface area (TPSA) is 65.1 Å². The summed E-state index contributed by atoms with van der Waals surface area (Å²) in [5.41, 5.74) is 5.00. The Balaban J connectivity index is 1.87. The van der Waals surface area contributed by atoms with E-state index >= 15 is 0 Å². The second-order valence-corrected chi connectivity index (χ2v) is 9.75. The zero-order valence-corrected chi connectivity index (χ0v) is 18.8. The zero-order valence-electron chi connectivity index (χ0n) is 18.0. The van der Waals surface area contributed by atoms with Crippen molar-refractivity contribution in [3.05, 3.63) is 40.5 Å². The third-order valence-corrected chi connectivity index (χ3v) is 6.87. The van der Waals surface area contributed by atoms with Crippen molar-refractivity contribution in [1.29, 1.82) is 0 Å². The number of fused-ring (bicyclic) bond motifs is 4. The molecule has 0 radical (unpaired) electrons. The van der Waals surface area contributed by atoms with Crippen LogP contribution < -0.4 is 9.47 Å². The Labute approximate surface area is 178 Å². The smallest absolute Gasteiger partial charge is 0.264 e. The van der Waals surface area contributed by atoms with Crippen LogP contribution in [0.3, 0.4) is 0 Å². The molecular weight excluding hydrogens is 402 g/mol. The molecule has 2 aliphatic heterocycles. The van der Waals surface area contributed by atoms with Crippen molar-refractivity contribution >= 4 is 27.0 Å². The normalized spacial score (nSPS) is 19.3. The Morgan fingerprint density at radius 1 is 1.13 bits per heavy atom. The molecule has 0 amide bonds. The van der Waals surface area contributed by atoms with E-state index in [4.69, 9.17) is 13.7 Å². The van der Waals surface area contributed by atoms with Crippen LogP contribution in [0, 0.1) is 6.92 Å². The second kappa shape index (κ2) is 8.21. The van der Waals surface area contributed by atoms with Crippen molar-refractivity contribution in [2.24, 2.45) is 0 Å². The summed E-state index contributed by atoms with van der Waals surface area (Å²) in [7, 11) is -0.144. The molecule has 2 heterocycles. The number of ether oxygens (including phenoxy) is 2. The van der Waals surface area contributed by atoms with Crippen molar-refractivity contribution in [2.45, 2.75) is 38.8 Å². The fourth-order valence-electron chi connectivity index (χ4n) is 4.88. The summed E-state index contributed by atoms with van der Waals surface area (Å²) >= 11 is 0. The van der Waals surface area contributed by atoms with Crippen molar-refractivity contribution in [3.63, 3.8) is 0 Å². The minimum absolute atomic E-state index is 0.0343. The van der Waals surface area contributed by atoms with Crippen LogP contribution in [0.15, 0.2) is 18.2 Å². The summed E-state index contributed by atoms with van der Waals surface area (Å²) in [6.45, 7) is 4.21. The Hall–Kier alpha value is -2.09. The van der Waals surface area contributed by atoms with Gasteiger partial charge in [0.25, 0.3) is 10.1 Å². The van der Waals surface area contributed by atoms with Gasteiger partial charge in [-0.1, -0.05) is 12.2 Å². The Morgan fingerprint density at radius 2 is 1.83 bits per heavy atom. The largest absolute Gasteiger partial charge is 0.493 e. The van der Waals surface area contributed by atoms with Crippen molar-refractivity contribution in [2.75, 3.05) is 33.6 Å². The first-order valence-corrected chi connectivity index (χ1v) is 12.1. The van der Waals surface area contributed by atoms with Crippen molar-refractivity contribution < 1.29 is 22.1 Å². The Morgan fingerprint density at radius 3 is 2.50 bits per heavy atom. The SMILES string of the molecule is COc1cc2c(C)c(/C=C\COS(C)(=O)=O)c3c(c2cc1OC)CN1CCCC1C3. The van der Waals surface area contributed by atoms with Crippen LogP contribution in [0.2, 0.25) is 0 Å². The maximum atomic E-state index is 11.3. The molecule has 1 fully saturated rings. The molecule has 0 spiro atoms. The monoisotopic (exact) mass is 431 g/mol. The first kappa shape index (κ1) is 21.2. The van der Waals surface area contributed by atoms with Gasteiger partial charge in [-0.05, 0) is 77.9 Å². The van der Waals surface area contributed by atoms with Gasteiger partial charge in [0.05, 0.1) is 27.1 Å². The molecule has 2 aliphatic rings. The molecular formula is C23H29NO5S. The molecule has 2 aromatic rings. The van der Waals surface area contributed by atoms with Crippen LogP contribution in [-0.4, -0.2) is 53.0 Å². The van der Waals surface area contributed by atoms with Gasteiger partial charge in [0.2, 0.25) is 0 Å². The summed E-state index contributed by atoms with van der Waals surface area (Å²) in [6.07, 6.45) is 8.34. The van der Waals surface area contributed by atoms with E-state index < -0.39 is 10.1 Å². The predicted molar refractivity (Wildman–Crippen MR) is 119 cm³/mol. The maximum Gasteiger partial charge on any atom is 0.264 e. The van der Waals surface area contributed by atoms with E-state index in [1.165, 1.54) is 29.4 Å². The highest BCUT2D eigenvalue weighted by atomic mass is 32.2. The summed E-state index contributed by atoms with van der Waals surface area (Å²) in [4.78, 5) is 2.58. The lowest BCUT2D eigenvalue weighted by Crippen LogP contribution is -2.36. The van der Waals surface area contributed by atoms with E-state index in [1.54, 1.807) is 20.3 Å². The highest BCUT2D eigenvalue weighted by Crippen LogP contribution is 2.42. The molecule has 0 saturated carbocycles. The lowest BCUT2D eigenvalue weighted by molar-refractivity contribution is 0.228. The minimum atomic E-state index is -3.46. The number of nitrogens with zero attached hydrogens (tertiary/aromatic N) is 1. The highest BCUT2D eigenvalue weighted by Gasteiger charge is 2.33. The summed E-state index contributed by atoms with van der Waals surface area (Å²) < 4.78 is 38.6. The standard InChI is InChI=1S/C23H29NO5S/c1-15-17(8-6-10-29-30(4,25)26)19-11-16-7-5-9-24(16)14-21(19)20-13-23(28-3)22(27-2)12-18(15)20/h6,8,12-13,16H,5,7,9-11,14H2,1-4H3/b8-6-. The van der Waals surface area contributed by atoms with Gasteiger partial charge in [0.1, 0.15) is 0 Å². The van der Waals surface area contributed by atoms with Crippen LogP contribution in [-0.2, 0) is 27.3 Å². The predicted octanol–water partition coefficient (Wildman–Crippen LogP) is 3.68. The Bertz CT molecular complexity index is 1110. The quantitative estimate of drug-likeness (QED) is 0.650. The number of aryl methyl sites for hydroxylation is 1. The van der Waals surface area contributed by atoms with E-state index in [9.17, 15) is 8.42 Å². The first-order valence-electron chi connectivity index (χ1n) is 10.3. The highest BCUT2D eigenvalue weighted by molar-refractivity contribution is 7.85. The van der Waals surface area contributed by atoms with Crippen LogP contribution in [0.4, 0.5) is 0 Å². The molecule has 1 atom stereocenters. The molecule has 0 bridgehead atoms. The van der Waals surface area contributed by atoms with Gasteiger partial charge in [-0.2, -0.15) is 8.42 Å². The minimum Gasteiger partial charge on any atom is -0.493 e. The average Bonchev–Trinajstić information content (AvgIpc) is 3.17. The van der Waals surface area contributed by atoms with Gasteiger partial charge in [-0.3, -0.25) is 9.08 Å².